The number of benzene rings is 2. The predicted octanol–water partition coefficient (Wildman–Crippen LogP) is 7.14. The Balaban J connectivity index is 1.96. The molecular formula is C26H28N2. The van der Waals surface area contributed by atoms with Gasteiger partial charge in [0.05, 0.1) is 22.4 Å². The first-order chi connectivity index (χ1) is 13.8. The van der Waals surface area contributed by atoms with Crippen LogP contribution in [0.3, 0.4) is 0 Å². The van der Waals surface area contributed by atoms with Crippen LogP contribution < -0.4 is 0 Å². The molecule has 0 aliphatic carbocycles. The molecule has 0 fully saturated rings. The Bertz CT molecular complexity index is 1100. The zero-order valence-corrected chi connectivity index (χ0v) is 16.9. The van der Waals surface area contributed by atoms with Crippen molar-refractivity contribution in [1.29, 1.82) is 0 Å². The van der Waals surface area contributed by atoms with E-state index >= 15 is 0 Å². The first kappa shape index (κ1) is 18.6. The van der Waals surface area contributed by atoms with Crippen LogP contribution in [0.4, 0.5) is 0 Å². The highest BCUT2D eigenvalue weighted by Crippen LogP contribution is 2.32. The molecule has 4 aromatic rings. The third-order valence-electron chi connectivity index (χ3n) is 5.51. The monoisotopic (exact) mass is 368 g/mol. The molecule has 4 rings (SSSR count). The first-order valence-electron chi connectivity index (χ1n) is 10.6. The third-order valence-corrected chi connectivity index (χ3v) is 5.51. The molecule has 0 saturated carbocycles. The fourth-order valence-electron chi connectivity index (χ4n) is 3.99. The number of hydrogen-bond acceptors (Lipinski definition) is 2. The summed E-state index contributed by atoms with van der Waals surface area (Å²) in [5.74, 6) is 0. The van der Waals surface area contributed by atoms with Gasteiger partial charge in [-0.3, -0.25) is 0 Å². The molecule has 0 aliphatic rings. The Labute approximate surface area is 167 Å². The number of para-hydroxylation sites is 2. The average molecular weight is 369 g/mol. The fraction of sp³-hybridized carbons (Fsp3) is 0.308. The fourth-order valence-corrected chi connectivity index (χ4v) is 3.99. The molecule has 0 atom stereocenters. The Morgan fingerprint density at radius 1 is 0.643 bits per heavy atom. The smallest absolute Gasteiger partial charge is 0.0928 e. The van der Waals surface area contributed by atoms with E-state index in [1.807, 2.05) is 0 Å². The van der Waals surface area contributed by atoms with Crippen molar-refractivity contribution in [3.8, 4) is 11.4 Å². The van der Waals surface area contributed by atoms with Crippen molar-refractivity contribution in [2.75, 3.05) is 0 Å². The lowest BCUT2D eigenvalue weighted by atomic mass is 9.91. The van der Waals surface area contributed by atoms with Crippen LogP contribution in [0.2, 0.25) is 0 Å². The van der Waals surface area contributed by atoms with Gasteiger partial charge in [0.25, 0.3) is 0 Å². The van der Waals surface area contributed by atoms with Gasteiger partial charge in [0, 0.05) is 10.8 Å². The van der Waals surface area contributed by atoms with Crippen molar-refractivity contribution < 1.29 is 0 Å². The lowest BCUT2D eigenvalue weighted by Crippen LogP contribution is -2.04. The van der Waals surface area contributed by atoms with Crippen LogP contribution in [0.25, 0.3) is 33.2 Å². The second kappa shape index (κ2) is 8.52. The SMILES string of the molecule is CCCCc1c(-c2ccc3ccccc3n2)nc2ccccc2c1CCCC. The lowest BCUT2D eigenvalue weighted by molar-refractivity contribution is 0.760. The number of aromatic nitrogens is 2. The van der Waals surface area contributed by atoms with Crippen LogP contribution in [0, 0.1) is 0 Å². The zero-order valence-electron chi connectivity index (χ0n) is 16.9. The van der Waals surface area contributed by atoms with E-state index in [9.17, 15) is 0 Å². The second-order valence-electron chi connectivity index (χ2n) is 7.53. The molecule has 2 aromatic carbocycles. The molecule has 0 N–H and O–H groups in total. The van der Waals surface area contributed by atoms with E-state index in [0.717, 1.165) is 35.3 Å². The average Bonchev–Trinajstić information content (AvgIpc) is 2.75. The van der Waals surface area contributed by atoms with E-state index in [4.69, 9.17) is 9.97 Å². The van der Waals surface area contributed by atoms with Gasteiger partial charge in [-0.1, -0.05) is 69.2 Å². The van der Waals surface area contributed by atoms with Gasteiger partial charge in [0.15, 0.2) is 0 Å². The minimum absolute atomic E-state index is 0.994. The Hall–Kier alpha value is -2.74. The number of pyridine rings is 2. The molecular weight excluding hydrogens is 340 g/mol. The van der Waals surface area contributed by atoms with Crippen molar-refractivity contribution in [2.24, 2.45) is 0 Å². The summed E-state index contributed by atoms with van der Waals surface area (Å²) in [5, 5.41) is 2.49. The maximum atomic E-state index is 5.11. The minimum Gasteiger partial charge on any atom is -0.246 e. The Morgan fingerprint density at radius 3 is 2.11 bits per heavy atom. The summed E-state index contributed by atoms with van der Waals surface area (Å²) in [6.45, 7) is 4.52. The summed E-state index contributed by atoms with van der Waals surface area (Å²) in [7, 11) is 0. The standard InChI is InChI=1S/C26H28N2/c1-3-5-12-20-21-14-8-10-16-24(21)28-26(22(20)13-6-4-2)25-18-17-19-11-7-9-15-23(19)27-25/h7-11,14-18H,3-6,12-13H2,1-2H3. The van der Waals surface area contributed by atoms with Crippen molar-refractivity contribution in [3.63, 3.8) is 0 Å². The van der Waals surface area contributed by atoms with Crippen molar-refractivity contribution >= 4 is 21.8 Å². The molecule has 142 valence electrons. The molecule has 28 heavy (non-hydrogen) atoms. The van der Waals surface area contributed by atoms with Gasteiger partial charge in [0.2, 0.25) is 0 Å². The van der Waals surface area contributed by atoms with Crippen LogP contribution in [0.15, 0.2) is 60.7 Å². The van der Waals surface area contributed by atoms with E-state index in [1.165, 1.54) is 47.6 Å². The van der Waals surface area contributed by atoms with Gasteiger partial charge in [-0.15, -0.1) is 0 Å². The largest absolute Gasteiger partial charge is 0.246 e. The normalized spacial score (nSPS) is 11.4. The molecule has 0 aliphatic heterocycles. The van der Waals surface area contributed by atoms with Gasteiger partial charge in [-0.25, -0.2) is 9.97 Å². The maximum absolute atomic E-state index is 5.11. The summed E-state index contributed by atoms with van der Waals surface area (Å²) < 4.78 is 0. The van der Waals surface area contributed by atoms with Gasteiger partial charge >= 0.3 is 0 Å². The molecule has 0 spiro atoms. The third kappa shape index (κ3) is 3.64. The molecule has 2 heterocycles. The lowest BCUT2D eigenvalue weighted by Gasteiger charge is -2.17. The summed E-state index contributed by atoms with van der Waals surface area (Å²) in [5.41, 5.74) is 7.06. The zero-order chi connectivity index (χ0) is 19.3. The molecule has 2 heteroatoms. The number of nitrogens with zero attached hydrogens (tertiary/aromatic N) is 2. The van der Waals surface area contributed by atoms with E-state index in [-0.39, 0.29) is 0 Å². The summed E-state index contributed by atoms with van der Waals surface area (Å²) in [4.78, 5) is 10.1. The number of aryl methyl sites for hydroxylation is 1. The van der Waals surface area contributed by atoms with Crippen LogP contribution >= 0.6 is 0 Å². The van der Waals surface area contributed by atoms with Gasteiger partial charge in [-0.05, 0) is 55.0 Å². The molecule has 0 amide bonds. The first-order valence-corrected chi connectivity index (χ1v) is 10.6. The second-order valence-corrected chi connectivity index (χ2v) is 7.53. The van der Waals surface area contributed by atoms with Crippen molar-refractivity contribution in [3.05, 3.63) is 71.8 Å². The minimum atomic E-state index is 0.994. The molecule has 2 aromatic heterocycles. The molecule has 0 unspecified atom stereocenters. The topological polar surface area (TPSA) is 25.8 Å². The number of fused-ring (bicyclic) bond motifs is 2. The van der Waals surface area contributed by atoms with Gasteiger partial charge in [0.1, 0.15) is 0 Å². The molecule has 0 bridgehead atoms. The number of unbranched alkanes of at least 4 members (excludes halogenated alkanes) is 2. The van der Waals surface area contributed by atoms with Crippen LogP contribution in [0.1, 0.15) is 50.7 Å². The van der Waals surface area contributed by atoms with E-state index < -0.39 is 0 Å². The van der Waals surface area contributed by atoms with Crippen molar-refractivity contribution in [2.45, 2.75) is 52.4 Å². The Morgan fingerprint density at radius 2 is 1.32 bits per heavy atom. The number of hydrogen-bond donors (Lipinski definition) is 0. The maximum Gasteiger partial charge on any atom is 0.0928 e. The van der Waals surface area contributed by atoms with Crippen LogP contribution in [0.5, 0.6) is 0 Å². The van der Waals surface area contributed by atoms with Gasteiger partial charge < -0.3 is 0 Å². The quantitative estimate of drug-likeness (QED) is 0.346. The molecule has 2 nitrogen and oxygen atoms in total. The van der Waals surface area contributed by atoms with Crippen molar-refractivity contribution in [1.82, 2.24) is 9.97 Å². The summed E-state index contributed by atoms with van der Waals surface area (Å²) in [6.07, 6.45) is 6.95. The highest BCUT2D eigenvalue weighted by Gasteiger charge is 2.17. The Kier molecular flexibility index (Phi) is 5.66. The number of rotatable bonds is 7. The molecule has 0 saturated heterocycles. The van der Waals surface area contributed by atoms with E-state index in [0.29, 0.717) is 0 Å². The summed E-state index contributed by atoms with van der Waals surface area (Å²) >= 11 is 0. The highest BCUT2D eigenvalue weighted by atomic mass is 14.8. The summed E-state index contributed by atoms with van der Waals surface area (Å²) in [6, 6.07) is 21.2. The molecule has 0 radical (unpaired) electrons. The predicted molar refractivity (Wildman–Crippen MR) is 120 cm³/mol. The van der Waals surface area contributed by atoms with E-state index in [2.05, 4.69) is 74.5 Å². The highest BCUT2D eigenvalue weighted by molar-refractivity contribution is 5.88. The van der Waals surface area contributed by atoms with Crippen LogP contribution in [-0.4, -0.2) is 9.97 Å². The van der Waals surface area contributed by atoms with Crippen LogP contribution in [-0.2, 0) is 12.8 Å². The van der Waals surface area contributed by atoms with Gasteiger partial charge in [-0.2, -0.15) is 0 Å². The van der Waals surface area contributed by atoms with E-state index in [1.54, 1.807) is 0 Å².